The molecule has 2 nitrogen and oxygen atoms in total. The number of aldehydes is 1. The van der Waals surface area contributed by atoms with E-state index in [9.17, 15) is 22.4 Å². The maximum atomic E-state index is 15.1. The topological polar surface area (TPSA) is 22.0 Å². The predicted molar refractivity (Wildman–Crippen MR) is 104 cm³/mol. The number of aromatic nitrogens is 1. The largest absolute Gasteiger partial charge is 0.380 e. The first-order chi connectivity index (χ1) is 13.9. The predicted octanol–water partition coefficient (Wildman–Crippen LogP) is 6.50. The molecule has 9 heteroatoms. The van der Waals surface area contributed by atoms with Gasteiger partial charge in [0.05, 0.1) is 0 Å². The van der Waals surface area contributed by atoms with Crippen molar-refractivity contribution in [3.05, 3.63) is 56.9 Å². The molecule has 0 radical (unpaired) electrons. The van der Waals surface area contributed by atoms with E-state index in [1.165, 1.54) is 49.0 Å². The van der Waals surface area contributed by atoms with Gasteiger partial charge >= 0.3 is 17.8 Å². The first-order valence-electron chi connectivity index (χ1n) is 8.85. The Morgan fingerprint density at radius 2 is 1.60 bits per heavy atom. The van der Waals surface area contributed by atoms with Crippen molar-refractivity contribution in [2.24, 2.45) is 7.05 Å². The molecular formula is C21H15F6NOS. The van der Waals surface area contributed by atoms with Crippen molar-refractivity contribution < 1.29 is 31.1 Å². The minimum Gasteiger partial charge on any atom is -0.347 e. The summed E-state index contributed by atoms with van der Waals surface area (Å²) in [6.45, 7) is 2.81. The van der Waals surface area contributed by atoms with Crippen molar-refractivity contribution in [3.8, 4) is 0 Å². The fourth-order valence-electron chi connectivity index (χ4n) is 4.03. The van der Waals surface area contributed by atoms with Gasteiger partial charge < -0.3 is 4.57 Å². The second-order valence-corrected chi connectivity index (χ2v) is 8.40. The third-order valence-electron chi connectivity index (χ3n) is 5.70. The molecule has 30 heavy (non-hydrogen) atoms. The number of thiophene rings is 1. The molecule has 2 heterocycles. The minimum atomic E-state index is -5.62. The minimum absolute atomic E-state index is 0.0353. The Balaban J connectivity index is 2.23. The highest BCUT2D eigenvalue weighted by Gasteiger charge is 2.80. The van der Waals surface area contributed by atoms with Crippen molar-refractivity contribution in [2.75, 3.05) is 0 Å². The Morgan fingerprint density at radius 1 is 0.967 bits per heavy atom. The summed E-state index contributed by atoms with van der Waals surface area (Å²) in [5.41, 5.74) is -2.92. The van der Waals surface area contributed by atoms with Gasteiger partial charge in [0, 0.05) is 50.8 Å². The van der Waals surface area contributed by atoms with Gasteiger partial charge in [0.2, 0.25) is 0 Å². The van der Waals surface area contributed by atoms with Crippen LogP contribution in [0.15, 0.2) is 29.6 Å². The molecule has 0 saturated heterocycles. The van der Waals surface area contributed by atoms with Crippen molar-refractivity contribution >= 4 is 39.7 Å². The summed E-state index contributed by atoms with van der Waals surface area (Å²) in [6, 6.07) is 5.31. The molecule has 158 valence electrons. The van der Waals surface area contributed by atoms with Crippen LogP contribution >= 0.6 is 11.3 Å². The summed E-state index contributed by atoms with van der Waals surface area (Å²) in [7, 11) is 1.52. The number of aryl methyl sites for hydroxylation is 2. The molecule has 0 aliphatic heterocycles. The molecular weight excluding hydrogens is 428 g/mol. The number of allylic oxidation sites excluding steroid dienone is 2. The van der Waals surface area contributed by atoms with Crippen LogP contribution in [-0.4, -0.2) is 28.6 Å². The lowest BCUT2D eigenvalue weighted by Gasteiger charge is -2.26. The van der Waals surface area contributed by atoms with Crippen molar-refractivity contribution in [1.29, 1.82) is 0 Å². The quantitative estimate of drug-likeness (QED) is 0.335. The van der Waals surface area contributed by atoms with Gasteiger partial charge in [-0.1, -0.05) is 0 Å². The number of benzene rings is 1. The second kappa shape index (κ2) is 6.23. The number of hydrogen-bond acceptors (Lipinski definition) is 2. The average Bonchev–Trinajstić information content (AvgIpc) is 3.23. The molecule has 1 aliphatic rings. The Kier molecular flexibility index (Phi) is 4.30. The van der Waals surface area contributed by atoms with Crippen LogP contribution in [0.4, 0.5) is 26.3 Å². The molecule has 0 atom stereocenters. The Hall–Kier alpha value is -2.55. The SMILES string of the molecule is Cc1sccc1C1=C(c2c(C)n(C)c3ccc(C=O)cc23)C(F)(F)C(F)(F)C1(F)F. The van der Waals surface area contributed by atoms with Gasteiger partial charge in [-0.25, -0.2) is 0 Å². The van der Waals surface area contributed by atoms with Crippen LogP contribution in [-0.2, 0) is 7.05 Å². The lowest BCUT2D eigenvalue weighted by atomic mass is 9.93. The zero-order valence-electron chi connectivity index (χ0n) is 16.0. The van der Waals surface area contributed by atoms with E-state index in [4.69, 9.17) is 0 Å². The molecule has 0 fully saturated rings. The zero-order chi connectivity index (χ0) is 22.2. The number of carbonyl (C=O) groups is 1. The highest BCUT2D eigenvalue weighted by Crippen LogP contribution is 2.65. The monoisotopic (exact) mass is 443 g/mol. The molecule has 0 saturated carbocycles. The van der Waals surface area contributed by atoms with Crippen LogP contribution in [0.25, 0.3) is 22.0 Å². The number of nitrogens with zero attached hydrogens (tertiary/aromatic N) is 1. The summed E-state index contributed by atoms with van der Waals surface area (Å²) in [5, 5.41) is 1.42. The van der Waals surface area contributed by atoms with E-state index in [0.717, 1.165) is 17.4 Å². The van der Waals surface area contributed by atoms with Crippen molar-refractivity contribution in [1.82, 2.24) is 4.57 Å². The van der Waals surface area contributed by atoms with Gasteiger partial charge in [-0.3, -0.25) is 4.79 Å². The molecule has 2 aromatic heterocycles. The van der Waals surface area contributed by atoms with E-state index in [1.807, 2.05) is 0 Å². The highest BCUT2D eigenvalue weighted by molar-refractivity contribution is 7.10. The maximum absolute atomic E-state index is 15.1. The first-order valence-corrected chi connectivity index (χ1v) is 9.73. The summed E-state index contributed by atoms with van der Waals surface area (Å²) >= 11 is 1.000. The molecule has 1 aliphatic carbocycles. The summed E-state index contributed by atoms with van der Waals surface area (Å²) in [4.78, 5) is 11.4. The fourth-order valence-corrected chi connectivity index (χ4v) is 4.74. The zero-order valence-corrected chi connectivity index (χ0v) is 16.8. The number of halogens is 6. The van der Waals surface area contributed by atoms with E-state index in [1.54, 1.807) is 0 Å². The number of rotatable bonds is 3. The standard InChI is InChI=1S/C21H15F6NOS/c1-10-16(14-8-12(9-29)4-5-15(14)28(10)3)18-17(13-6-7-30-11(13)2)19(22,23)21(26,27)20(18,24)25/h4-9H,1-3H3. The molecule has 0 bridgehead atoms. The van der Waals surface area contributed by atoms with Crippen molar-refractivity contribution in [2.45, 2.75) is 31.6 Å². The number of alkyl halides is 6. The molecule has 0 unspecified atom stereocenters. The lowest BCUT2D eigenvalue weighted by Crippen LogP contribution is -2.48. The van der Waals surface area contributed by atoms with E-state index >= 15 is 8.78 Å². The van der Waals surface area contributed by atoms with Gasteiger partial charge in [-0.15, -0.1) is 11.3 Å². The van der Waals surface area contributed by atoms with Crippen LogP contribution in [0.1, 0.15) is 32.1 Å². The molecule has 3 aromatic rings. The van der Waals surface area contributed by atoms with Crippen molar-refractivity contribution in [3.63, 3.8) is 0 Å². The van der Waals surface area contributed by atoms with E-state index in [2.05, 4.69) is 0 Å². The third kappa shape index (κ3) is 2.35. The van der Waals surface area contributed by atoms with Gasteiger partial charge in [0.15, 0.2) is 0 Å². The van der Waals surface area contributed by atoms with Crippen LogP contribution in [0.5, 0.6) is 0 Å². The van der Waals surface area contributed by atoms with Gasteiger partial charge in [-0.05, 0) is 49.1 Å². The molecule has 4 rings (SSSR count). The molecule has 0 amide bonds. The summed E-state index contributed by atoms with van der Waals surface area (Å²) in [6.07, 6.45) is 0.472. The van der Waals surface area contributed by atoms with Crippen LogP contribution in [0.2, 0.25) is 0 Å². The van der Waals surface area contributed by atoms with Crippen LogP contribution in [0.3, 0.4) is 0 Å². The summed E-state index contributed by atoms with van der Waals surface area (Å²) < 4.78 is 90.4. The van der Waals surface area contributed by atoms with E-state index < -0.39 is 34.5 Å². The number of fused-ring (bicyclic) bond motifs is 1. The fraction of sp³-hybridized carbons (Fsp3) is 0.286. The number of hydrogen-bond donors (Lipinski definition) is 0. The lowest BCUT2D eigenvalue weighted by molar-refractivity contribution is -0.254. The third-order valence-corrected chi connectivity index (χ3v) is 6.54. The Labute approximate surface area is 171 Å². The van der Waals surface area contributed by atoms with Gasteiger partial charge in [-0.2, -0.15) is 26.3 Å². The van der Waals surface area contributed by atoms with Gasteiger partial charge in [0.1, 0.15) is 6.29 Å². The maximum Gasteiger partial charge on any atom is 0.380 e. The van der Waals surface area contributed by atoms with Crippen LogP contribution in [0, 0.1) is 13.8 Å². The van der Waals surface area contributed by atoms with Gasteiger partial charge in [0.25, 0.3) is 0 Å². The van der Waals surface area contributed by atoms with E-state index in [0.29, 0.717) is 11.8 Å². The first kappa shape index (κ1) is 20.7. The molecule has 0 spiro atoms. The van der Waals surface area contributed by atoms with E-state index in [-0.39, 0.29) is 27.1 Å². The average molecular weight is 443 g/mol. The second-order valence-electron chi connectivity index (χ2n) is 7.28. The molecule has 0 N–H and O–H groups in total. The van der Waals surface area contributed by atoms with Crippen LogP contribution < -0.4 is 0 Å². The summed E-state index contributed by atoms with van der Waals surface area (Å²) in [5.74, 6) is -15.8. The Bertz CT molecular complexity index is 1230. The number of carbonyl (C=O) groups excluding carboxylic acids is 1. The highest BCUT2D eigenvalue weighted by atomic mass is 32.1. The smallest absolute Gasteiger partial charge is 0.347 e. The molecule has 1 aromatic carbocycles. The Morgan fingerprint density at radius 3 is 2.17 bits per heavy atom. The normalized spacial score (nSPS) is 19.6.